The minimum absolute atomic E-state index is 0.201. The van der Waals surface area contributed by atoms with E-state index in [9.17, 15) is 14.7 Å². The number of ether oxygens (including phenoxy) is 1. The lowest BCUT2D eigenvalue weighted by molar-refractivity contribution is -0.158. The summed E-state index contributed by atoms with van der Waals surface area (Å²) in [6.07, 6.45) is 3.19. The summed E-state index contributed by atoms with van der Waals surface area (Å²) in [5.41, 5.74) is -0.871. The summed E-state index contributed by atoms with van der Waals surface area (Å²) in [6.45, 7) is 3.85. The molecule has 0 radical (unpaired) electrons. The number of rotatable bonds is 3. The average molecular weight is 314 g/mol. The Morgan fingerprint density at radius 2 is 1.96 bits per heavy atom. The van der Waals surface area contributed by atoms with Crippen LogP contribution in [0.15, 0.2) is 41.7 Å². The summed E-state index contributed by atoms with van der Waals surface area (Å²) in [6, 6.07) is 9.03. The van der Waals surface area contributed by atoms with Crippen LogP contribution in [-0.2, 0) is 19.7 Å². The van der Waals surface area contributed by atoms with E-state index >= 15 is 0 Å². The lowest BCUT2D eigenvalue weighted by atomic mass is 9.56. The number of benzene rings is 1. The Morgan fingerprint density at radius 3 is 2.61 bits per heavy atom. The van der Waals surface area contributed by atoms with E-state index in [1.165, 1.54) is 0 Å². The van der Waals surface area contributed by atoms with Crippen LogP contribution in [0.25, 0.3) is 0 Å². The fourth-order valence-electron chi connectivity index (χ4n) is 4.38. The Balaban J connectivity index is 2.28. The molecule has 2 aliphatic carbocycles. The molecule has 0 amide bonds. The number of fused-ring (bicyclic) bond motifs is 1. The molecule has 23 heavy (non-hydrogen) atoms. The second kappa shape index (κ2) is 5.52. The van der Waals surface area contributed by atoms with Crippen molar-refractivity contribution in [1.29, 1.82) is 0 Å². The third kappa shape index (κ3) is 1.90. The molecule has 1 aromatic carbocycles. The van der Waals surface area contributed by atoms with Crippen LogP contribution in [0.1, 0.15) is 45.1 Å². The second-order valence-corrected chi connectivity index (χ2v) is 6.53. The van der Waals surface area contributed by atoms with E-state index in [0.717, 1.165) is 12.8 Å². The normalized spacial score (nSPS) is 30.3. The Morgan fingerprint density at radius 1 is 1.26 bits per heavy atom. The minimum Gasteiger partial charge on any atom is -0.504 e. The topological polar surface area (TPSA) is 63.6 Å². The van der Waals surface area contributed by atoms with Gasteiger partial charge in [0.1, 0.15) is 0 Å². The predicted octanol–water partition coefficient (Wildman–Crippen LogP) is 3.46. The number of aliphatic hydroxyl groups excluding tert-OH is 1. The highest BCUT2D eigenvalue weighted by Gasteiger charge is 2.68. The third-order valence-corrected chi connectivity index (χ3v) is 5.48. The van der Waals surface area contributed by atoms with Crippen molar-refractivity contribution in [2.24, 2.45) is 5.41 Å². The lowest BCUT2D eigenvalue weighted by Gasteiger charge is -2.44. The van der Waals surface area contributed by atoms with Gasteiger partial charge in [-0.2, -0.15) is 0 Å². The maximum absolute atomic E-state index is 13.1. The molecule has 0 aliphatic heterocycles. The average Bonchev–Trinajstić information content (AvgIpc) is 2.73. The third-order valence-electron chi connectivity index (χ3n) is 5.48. The van der Waals surface area contributed by atoms with Crippen molar-refractivity contribution in [3.8, 4) is 0 Å². The van der Waals surface area contributed by atoms with E-state index in [1.807, 2.05) is 25.1 Å². The number of aliphatic hydroxyl groups is 1. The van der Waals surface area contributed by atoms with Crippen molar-refractivity contribution in [3.63, 3.8) is 0 Å². The summed E-state index contributed by atoms with van der Waals surface area (Å²) in [5.74, 6) is -1.30. The molecule has 122 valence electrons. The van der Waals surface area contributed by atoms with Gasteiger partial charge in [0.25, 0.3) is 0 Å². The molecule has 0 spiro atoms. The number of esters is 1. The molecule has 0 aromatic heterocycles. The number of hydrogen-bond donors (Lipinski definition) is 1. The first-order chi connectivity index (χ1) is 11.0. The standard InChI is InChI=1S/C19H22O4/c1-3-23-17(22)19(13-9-5-4-6-10-13)16(21)15(20)14-11-7-8-12-18(14,19)2/h4-6,9-10,20H,3,7-8,11-12H2,1-2H3/t18-,19-/m0/s1. The van der Waals surface area contributed by atoms with Gasteiger partial charge in [0.2, 0.25) is 5.78 Å². The highest BCUT2D eigenvalue weighted by atomic mass is 16.5. The van der Waals surface area contributed by atoms with Crippen LogP contribution in [0.3, 0.4) is 0 Å². The van der Waals surface area contributed by atoms with E-state index in [-0.39, 0.29) is 12.4 Å². The van der Waals surface area contributed by atoms with Gasteiger partial charge in [-0.05, 0) is 37.3 Å². The molecule has 1 fully saturated rings. The van der Waals surface area contributed by atoms with Gasteiger partial charge in [-0.1, -0.05) is 43.7 Å². The summed E-state index contributed by atoms with van der Waals surface area (Å²) < 4.78 is 5.32. The van der Waals surface area contributed by atoms with Gasteiger partial charge < -0.3 is 9.84 Å². The second-order valence-electron chi connectivity index (χ2n) is 6.53. The maximum Gasteiger partial charge on any atom is 0.325 e. The van der Waals surface area contributed by atoms with Gasteiger partial charge in [-0.25, -0.2) is 0 Å². The Kier molecular flexibility index (Phi) is 3.78. The minimum atomic E-state index is -1.47. The lowest BCUT2D eigenvalue weighted by Crippen LogP contribution is -2.54. The predicted molar refractivity (Wildman–Crippen MR) is 86.0 cm³/mol. The SMILES string of the molecule is CCOC(=O)[C@]1(c2ccccc2)C(=O)C(O)=C2CCCC[C@@]21C. The van der Waals surface area contributed by atoms with Crippen molar-refractivity contribution in [2.45, 2.75) is 44.9 Å². The van der Waals surface area contributed by atoms with Crippen LogP contribution in [-0.4, -0.2) is 23.5 Å². The monoisotopic (exact) mass is 314 g/mol. The number of carbonyl (C=O) groups is 2. The first kappa shape index (κ1) is 15.8. The van der Waals surface area contributed by atoms with E-state index < -0.39 is 22.6 Å². The highest BCUT2D eigenvalue weighted by molar-refractivity contribution is 6.20. The van der Waals surface area contributed by atoms with Crippen molar-refractivity contribution < 1.29 is 19.4 Å². The van der Waals surface area contributed by atoms with Crippen LogP contribution in [0.4, 0.5) is 0 Å². The summed E-state index contributed by atoms with van der Waals surface area (Å²) in [5, 5.41) is 10.5. The van der Waals surface area contributed by atoms with Crippen molar-refractivity contribution in [3.05, 3.63) is 47.2 Å². The van der Waals surface area contributed by atoms with E-state index in [4.69, 9.17) is 4.74 Å². The first-order valence-corrected chi connectivity index (χ1v) is 8.20. The van der Waals surface area contributed by atoms with E-state index in [1.54, 1.807) is 19.1 Å². The highest BCUT2D eigenvalue weighted by Crippen LogP contribution is 2.60. The molecule has 2 atom stereocenters. The molecule has 0 saturated heterocycles. The van der Waals surface area contributed by atoms with Crippen LogP contribution in [0.2, 0.25) is 0 Å². The fourth-order valence-corrected chi connectivity index (χ4v) is 4.38. The number of ketones is 1. The molecule has 4 heteroatoms. The van der Waals surface area contributed by atoms with Gasteiger partial charge in [0.05, 0.1) is 6.61 Å². The molecule has 1 aromatic rings. The van der Waals surface area contributed by atoms with Crippen LogP contribution in [0, 0.1) is 5.41 Å². The van der Waals surface area contributed by atoms with Gasteiger partial charge >= 0.3 is 5.97 Å². The Bertz CT molecular complexity index is 676. The van der Waals surface area contributed by atoms with Crippen molar-refractivity contribution >= 4 is 11.8 Å². The van der Waals surface area contributed by atoms with Crippen molar-refractivity contribution in [1.82, 2.24) is 0 Å². The molecule has 2 aliphatic rings. The van der Waals surface area contributed by atoms with Crippen LogP contribution >= 0.6 is 0 Å². The van der Waals surface area contributed by atoms with E-state index in [0.29, 0.717) is 24.0 Å². The Labute approximate surface area is 136 Å². The first-order valence-electron chi connectivity index (χ1n) is 8.20. The van der Waals surface area contributed by atoms with Crippen LogP contribution < -0.4 is 0 Å². The number of hydrogen-bond acceptors (Lipinski definition) is 4. The largest absolute Gasteiger partial charge is 0.504 e. The maximum atomic E-state index is 13.1. The van der Waals surface area contributed by atoms with Gasteiger partial charge in [-0.15, -0.1) is 0 Å². The molecule has 0 heterocycles. The number of allylic oxidation sites excluding steroid dienone is 2. The summed E-state index contributed by atoms with van der Waals surface area (Å²) in [4.78, 5) is 26.1. The molecular formula is C19H22O4. The smallest absolute Gasteiger partial charge is 0.325 e. The fraction of sp³-hybridized carbons (Fsp3) is 0.474. The molecule has 0 bridgehead atoms. The zero-order valence-corrected chi connectivity index (χ0v) is 13.6. The molecule has 1 saturated carbocycles. The van der Waals surface area contributed by atoms with Gasteiger partial charge in [-0.3, -0.25) is 9.59 Å². The summed E-state index contributed by atoms with van der Waals surface area (Å²) in [7, 11) is 0. The summed E-state index contributed by atoms with van der Waals surface area (Å²) >= 11 is 0. The van der Waals surface area contributed by atoms with Gasteiger partial charge in [0, 0.05) is 5.41 Å². The molecular weight excluding hydrogens is 292 g/mol. The number of Topliss-reactive ketones (excluding diaryl/α,β-unsaturated/α-hetero) is 1. The molecule has 0 unspecified atom stereocenters. The molecule has 3 rings (SSSR count). The Hall–Kier alpha value is -2.10. The number of carbonyl (C=O) groups excluding carboxylic acids is 2. The van der Waals surface area contributed by atoms with Crippen molar-refractivity contribution in [2.75, 3.05) is 6.61 Å². The molecule has 4 nitrogen and oxygen atoms in total. The molecule has 1 N–H and O–H groups in total. The zero-order valence-electron chi connectivity index (χ0n) is 13.6. The van der Waals surface area contributed by atoms with Gasteiger partial charge in [0.15, 0.2) is 11.2 Å². The zero-order chi connectivity index (χ0) is 16.7. The van der Waals surface area contributed by atoms with Crippen LogP contribution in [0.5, 0.6) is 0 Å². The van der Waals surface area contributed by atoms with E-state index in [2.05, 4.69) is 0 Å². The quantitative estimate of drug-likeness (QED) is 0.685.